The van der Waals surface area contributed by atoms with Gasteiger partial charge in [0.25, 0.3) is 0 Å². The Kier molecular flexibility index (Phi) is 5.41. The Bertz CT molecular complexity index is 1380. The van der Waals surface area contributed by atoms with Gasteiger partial charge in [-0.1, -0.05) is 12.1 Å². The molecule has 168 valence electrons. The van der Waals surface area contributed by atoms with Crippen LogP contribution in [0.15, 0.2) is 48.8 Å². The Morgan fingerprint density at radius 3 is 2.52 bits per heavy atom. The van der Waals surface area contributed by atoms with E-state index in [-0.39, 0.29) is 11.3 Å². The lowest BCUT2D eigenvalue weighted by Crippen LogP contribution is -2.40. The molecule has 0 atom stereocenters. The number of hydrogen-bond acceptors (Lipinski definition) is 6. The van der Waals surface area contributed by atoms with Crippen molar-refractivity contribution in [2.45, 2.75) is 18.6 Å². The highest BCUT2D eigenvalue weighted by atomic mass is 19.4. The van der Waals surface area contributed by atoms with E-state index in [1.807, 2.05) is 6.07 Å². The van der Waals surface area contributed by atoms with E-state index in [0.29, 0.717) is 32.9 Å². The lowest BCUT2D eigenvalue weighted by molar-refractivity contribution is -0.287. The SMILES string of the molecule is COc1cc2ccc(-c3nc(C#N)ccc3-c3cnn(CC(F)(F)C(F)(F)F)c3)cc2nn1. The monoisotopic (exact) mass is 460 g/mol. The van der Waals surface area contributed by atoms with E-state index in [9.17, 15) is 27.2 Å². The predicted molar refractivity (Wildman–Crippen MR) is 106 cm³/mol. The highest BCUT2D eigenvalue weighted by molar-refractivity contribution is 5.88. The molecular formula is C21H13F5N6O. The van der Waals surface area contributed by atoms with Crippen molar-refractivity contribution in [3.63, 3.8) is 0 Å². The van der Waals surface area contributed by atoms with E-state index in [0.717, 1.165) is 17.8 Å². The summed E-state index contributed by atoms with van der Waals surface area (Å²) in [6, 6.07) is 11.6. The van der Waals surface area contributed by atoms with Crippen LogP contribution in [0.3, 0.4) is 0 Å². The average Bonchev–Trinajstić information content (AvgIpc) is 3.24. The van der Waals surface area contributed by atoms with Gasteiger partial charge in [0.1, 0.15) is 18.3 Å². The second-order valence-corrected chi connectivity index (χ2v) is 6.99. The Balaban J connectivity index is 1.77. The van der Waals surface area contributed by atoms with Gasteiger partial charge in [0.15, 0.2) is 0 Å². The number of methoxy groups -OCH3 is 1. The fourth-order valence-corrected chi connectivity index (χ4v) is 3.12. The molecule has 4 rings (SSSR count). The van der Waals surface area contributed by atoms with Crippen LogP contribution < -0.4 is 4.74 Å². The van der Waals surface area contributed by atoms with Crippen LogP contribution in [-0.4, -0.2) is 44.2 Å². The third kappa shape index (κ3) is 4.30. The van der Waals surface area contributed by atoms with Crippen molar-refractivity contribution >= 4 is 10.9 Å². The summed E-state index contributed by atoms with van der Waals surface area (Å²) in [4.78, 5) is 4.30. The third-order valence-electron chi connectivity index (χ3n) is 4.78. The van der Waals surface area contributed by atoms with Crippen LogP contribution in [0.5, 0.6) is 5.88 Å². The molecule has 0 aliphatic heterocycles. The van der Waals surface area contributed by atoms with Gasteiger partial charge in [0.05, 0.1) is 24.5 Å². The minimum Gasteiger partial charge on any atom is -0.480 e. The molecule has 0 saturated carbocycles. The summed E-state index contributed by atoms with van der Waals surface area (Å²) in [7, 11) is 1.46. The first-order valence-corrected chi connectivity index (χ1v) is 9.31. The van der Waals surface area contributed by atoms with Gasteiger partial charge >= 0.3 is 12.1 Å². The van der Waals surface area contributed by atoms with Gasteiger partial charge in [0.2, 0.25) is 5.88 Å². The van der Waals surface area contributed by atoms with Crippen molar-refractivity contribution < 1.29 is 26.7 Å². The summed E-state index contributed by atoms with van der Waals surface area (Å²) < 4.78 is 70.0. The molecule has 0 aliphatic carbocycles. The first-order chi connectivity index (χ1) is 15.6. The number of fused-ring (bicyclic) bond motifs is 1. The molecule has 7 nitrogen and oxygen atoms in total. The van der Waals surface area contributed by atoms with E-state index in [2.05, 4.69) is 20.3 Å². The molecule has 0 bridgehead atoms. The Hall–Kier alpha value is -4.14. The number of alkyl halides is 5. The molecule has 0 radical (unpaired) electrons. The predicted octanol–water partition coefficient (Wildman–Crippen LogP) is 4.63. The minimum atomic E-state index is -5.70. The minimum absolute atomic E-state index is 0.0886. The first-order valence-electron chi connectivity index (χ1n) is 9.31. The first kappa shape index (κ1) is 22.1. The summed E-state index contributed by atoms with van der Waals surface area (Å²) in [5, 5.41) is 21.6. The third-order valence-corrected chi connectivity index (χ3v) is 4.78. The Labute approximate surface area is 183 Å². The number of pyridine rings is 1. The van der Waals surface area contributed by atoms with E-state index < -0.39 is 18.6 Å². The molecule has 0 aliphatic rings. The highest BCUT2D eigenvalue weighted by Gasteiger charge is 2.57. The highest BCUT2D eigenvalue weighted by Crippen LogP contribution is 2.37. The molecule has 12 heteroatoms. The Morgan fingerprint density at radius 2 is 1.82 bits per heavy atom. The standard InChI is InChI=1S/C21H13F5N6O/c1-33-18-7-12-2-3-13(6-17(12)30-31-18)19-16(5-4-15(8-27)29-19)14-9-28-32(10-14)11-20(22,23)21(24,25)26/h2-7,9-10H,11H2,1H3. The van der Waals surface area contributed by atoms with E-state index in [1.165, 1.54) is 19.2 Å². The molecule has 0 amide bonds. The molecule has 0 saturated heterocycles. The van der Waals surface area contributed by atoms with Crippen LogP contribution in [0, 0.1) is 11.3 Å². The number of nitriles is 1. The largest absolute Gasteiger partial charge is 0.480 e. The number of hydrogen-bond donors (Lipinski definition) is 0. The molecule has 33 heavy (non-hydrogen) atoms. The summed E-state index contributed by atoms with van der Waals surface area (Å²) in [6.45, 7) is -1.66. The Morgan fingerprint density at radius 1 is 1.03 bits per heavy atom. The summed E-state index contributed by atoms with van der Waals surface area (Å²) >= 11 is 0. The maximum Gasteiger partial charge on any atom is 0.455 e. The molecule has 3 aromatic heterocycles. The van der Waals surface area contributed by atoms with Gasteiger partial charge in [-0.2, -0.15) is 32.3 Å². The van der Waals surface area contributed by atoms with Crippen molar-refractivity contribution in [2.24, 2.45) is 0 Å². The quantitative estimate of drug-likeness (QED) is 0.404. The summed E-state index contributed by atoms with van der Waals surface area (Å²) in [5.74, 6) is -4.62. The second kappa shape index (κ2) is 8.09. The zero-order valence-corrected chi connectivity index (χ0v) is 16.8. The lowest BCUT2D eigenvalue weighted by Gasteiger charge is -2.19. The number of rotatable bonds is 5. The van der Waals surface area contributed by atoms with E-state index in [4.69, 9.17) is 4.74 Å². The van der Waals surface area contributed by atoms with Crippen LogP contribution in [0.2, 0.25) is 0 Å². The maximum atomic E-state index is 13.4. The molecule has 0 fully saturated rings. The second-order valence-electron chi connectivity index (χ2n) is 6.99. The van der Waals surface area contributed by atoms with E-state index in [1.54, 1.807) is 24.3 Å². The molecule has 0 spiro atoms. The van der Waals surface area contributed by atoms with Gasteiger partial charge in [0, 0.05) is 34.3 Å². The fraction of sp³-hybridized carbons (Fsp3) is 0.190. The van der Waals surface area contributed by atoms with Gasteiger partial charge in [-0.05, 0) is 18.2 Å². The molecule has 3 heterocycles. The number of aromatic nitrogens is 5. The molecular weight excluding hydrogens is 447 g/mol. The lowest BCUT2D eigenvalue weighted by atomic mass is 10.00. The zero-order chi connectivity index (χ0) is 23.8. The van der Waals surface area contributed by atoms with Gasteiger partial charge < -0.3 is 4.74 Å². The van der Waals surface area contributed by atoms with Crippen molar-refractivity contribution in [2.75, 3.05) is 7.11 Å². The van der Waals surface area contributed by atoms with Crippen molar-refractivity contribution in [1.29, 1.82) is 5.26 Å². The number of halogens is 5. The van der Waals surface area contributed by atoms with E-state index >= 15 is 0 Å². The maximum absolute atomic E-state index is 13.4. The number of nitrogens with zero attached hydrogens (tertiary/aromatic N) is 6. The van der Waals surface area contributed by atoms with Crippen molar-refractivity contribution in [3.05, 3.63) is 54.5 Å². The van der Waals surface area contributed by atoms with Crippen LogP contribution in [0.1, 0.15) is 5.69 Å². The van der Waals surface area contributed by atoms with Crippen molar-refractivity contribution in [1.82, 2.24) is 25.0 Å². The molecule has 1 aromatic carbocycles. The molecule has 4 aromatic rings. The molecule has 0 unspecified atom stereocenters. The van der Waals surface area contributed by atoms with Crippen LogP contribution in [0.25, 0.3) is 33.3 Å². The van der Waals surface area contributed by atoms with Crippen LogP contribution >= 0.6 is 0 Å². The van der Waals surface area contributed by atoms with Crippen LogP contribution in [-0.2, 0) is 6.54 Å². The summed E-state index contributed by atoms with van der Waals surface area (Å²) in [6.07, 6.45) is -3.47. The van der Waals surface area contributed by atoms with Gasteiger partial charge in [-0.3, -0.25) is 4.68 Å². The fourth-order valence-electron chi connectivity index (χ4n) is 3.12. The number of ether oxygens (including phenoxy) is 1. The zero-order valence-electron chi connectivity index (χ0n) is 16.8. The normalized spacial score (nSPS) is 12.0. The van der Waals surface area contributed by atoms with Crippen molar-refractivity contribution in [3.8, 4) is 34.3 Å². The smallest absolute Gasteiger partial charge is 0.455 e. The van der Waals surface area contributed by atoms with Gasteiger partial charge in [-0.25, -0.2) is 4.98 Å². The van der Waals surface area contributed by atoms with Crippen LogP contribution in [0.4, 0.5) is 22.0 Å². The van der Waals surface area contributed by atoms with Gasteiger partial charge in [-0.15, -0.1) is 10.2 Å². The summed E-state index contributed by atoms with van der Waals surface area (Å²) in [5.41, 5.74) is 2.06. The topological polar surface area (TPSA) is 89.5 Å². The molecule has 0 N–H and O–H groups in total. The number of benzene rings is 1. The average molecular weight is 460 g/mol.